The summed E-state index contributed by atoms with van der Waals surface area (Å²) >= 11 is 0. The van der Waals surface area contributed by atoms with Crippen LogP contribution in [-0.2, 0) is 19.6 Å². The molecular weight excluding hydrogens is 246 g/mol. The Kier molecular flexibility index (Phi) is 6.66. The molecule has 7 heteroatoms. The van der Waals surface area contributed by atoms with Crippen LogP contribution in [0.3, 0.4) is 0 Å². The van der Waals surface area contributed by atoms with E-state index in [0.717, 1.165) is 0 Å². The Morgan fingerprint density at radius 2 is 1.88 bits per heavy atom. The number of sulfonamides is 1. The van der Waals surface area contributed by atoms with E-state index in [0.29, 0.717) is 12.3 Å². The second-order valence-electron chi connectivity index (χ2n) is 4.45. The predicted molar refractivity (Wildman–Crippen MR) is 64.3 cm³/mol. The molecule has 0 aromatic carbocycles. The summed E-state index contributed by atoms with van der Waals surface area (Å²) < 4.78 is 30.4. The third-order valence-corrected chi connectivity index (χ3v) is 3.72. The number of methoxy groups -OCH3 is 1. The molecule has 1 unspecified atom stereocenters. The van der Waals surface area contributed by atoms with Gasteiger partial charge in [-0.3, -0.25) is 4.79 Å². The maximum absolute atomic E-state index is 11.6. The smallest absolute Gasteiger partial charge is 0.321 e. The minimum absolute atomic E-state index is 0.223. The van der Waals surface area contributed by atoms with Gasteiger partial charge in [-0.25, -0.2) is 13.1 Å². The van der Waals surface area contributed by atoms with E-state index < -0.39 is 28.1 Å². The van der Waals surface area contributed by atoms with Crippen molar-refractivity contribution in [2.75, 3.05) is 12.9 Å². The van der Waals surface area contributed by atoms with Crippen molar-refractivity contribution in [3.8, 4) is 0 Å². The quantitative estimate of drug-likeness (QED) is 0.665. The topological polar surface area (TPSA) is 92.7 Å². The van der Waals surface area contributed by atoms with Crippen LogP contribution >= 0.6 is 0 Å². The standard InChI is InChI=1S/C10H21NO5S/c1-7(2)5-9(16-4)6-17(14,15)11-8(3)10(12)13/h7-9,11H,5-6H2,1-4H3,(H,12,13)/t8-,9?/m1/s1. The molecule has 0 aliphatic rings. The van der Waals surface area contributed by atoms with Gasteiger partial charge in [0.2, 0.25) is 10.0 Å². The van der Waals surface area contributed by atoms with Gasteiger partial charge in [0.15, 0.2) is 0 Å². The van der Waals surface area contributed by atoms with E-state index in [-0.39, 0.29) is 5.75 Å². The van der Waals surface area contributed by atoms with Crippen molar-refractivity contribution in [2.45, 2.75) is 39.3 Å². The van der Waals surface area contributed by atoms with Gasteiger partial charge in [-0.05, 0) is 19.3 Å². The highest BCUT2D eigenvalue weighted by molar-refractivity contribution is 7.89. The van der Waals surface area contributed by atoms with Crippen LogP contribution in [0.1, 0.15) is 27.2 Å². The van der Waals surface area contributed by atoms with Crippen LogP contribution in [0.2, 0.25) is 0 Å². The predicted octanol–water partition coefficient (Wildman–Crippen LogP) is 0.440. The van der Waals surface area contributed by atoms with Crippen LogP contribution in [0.4, 0.5) is 0 Å². The number of rotatable bonds is 8. The van der Waals surface area contributed by atoms with E-state index in [4.69, 9.17) is 9.84 Å². The lowest BCUT2D eigenvalue weighted by Crippen LogP contribution is -2.42. The Morgan fingerprint density at radius 3 is 2.24 bits per heavy atom. The van der Waals surface area contributed by atoms with Crippen molar-refractivity contribution in [1.82, 2.24) is 4.72 Å². The minimum Gasteiger partial charge on any atom is -0.480 e. The molecule has 0 heterocycles. The maximum Gasteiger partial charge on any atom is 0.321 e. The third kappa shape index (κ3) is 7.30. The molecule has 0 bridgehead atoms. The van der Waals surface area contributed by atoms with Crippen LogP contribution in [0, 0.1) is 5.92 Å². The number of hydrogen-bond donors (Lipinski definition) is 2. The number of carbonyl (C=O) groups is 1. The summed E-state index contributed by atoms with van der Waals surface area (Å²) in [6.07, 6.45) is 0.187. The fourth-order valence-corrected chi connectivity index (χ4v) is 2.87. The molecule has 2 N–H and O–H groups in total. The first-order valence-corrected chi connectivity index (χ1v) is 7.08. The lowest BCUT2D eigenvalue weighted by molar-refractivity contribution is -0.138. The van der Waals surface area contributed by atoms with Crippen molar-refractivity contribution < 1.29 is 23.1 Å². The van der Waals surface area contributed by atoms with Gasteiger partial charge in [-0.1, -0.05) is 13.8 Å². The van der Waals surface area contributed by atoms with E-state index in [1.54, 1.807) is 0 Å². The molecule has 0 saturated carbocycles. The van der Waals surface area contributed by atoms with Crippen molar-refractivity contribution in [3.63, 3.8) is 0 Å². The number of carboxylic acid groups (broad SMARTS) is 1. The first kappa shape index (κ1) is 16.3. The highest BCUT2D eigenvalue weighted by atomic mass is 32.2. The van der Waals surface area contributed by atoms with Gasteiger partial charge in [0.25, 0.3) is 0 Å². The van der Waals surface area contributed by atoms with Crippen molar-refractivity contribution in [1.29, 1.82) is 0 Å². The molecular formula is C10H21NO5S. The zero-order chi connectivity index (χ0) is 13.6. The Balaban J connectivity index is 4.46. The summed E-state index contributed by atoms with van der Waals surface area (Å²) in [6, 6.07) is -1.13. The number of aliphatic carboxylic acids is 1. The molecule has 0 spiro atoms. The third-order valence-electron chi connectivity index (χ3n) is 2.20. The van der Waals surface area contributed by atoms with Crippen molar-refractivity contribution in [2.24, 2.45) is 5.92 Å². The highest BCUT2D eigenvalue weighted by Crippen LogP contribution is 2.09. The number of ether oxygens (including phenoxy) is 1. The average Bonchev–Trinajstić information content (AvgIpc) is 2.14. The largest absolute Gasteiger partial charge is 0.480 e. The van der Waals surface area contributed by atoms with E-state index in [1.165, 1.54) is 14.0 Å². The zero-order valence-electron chi connectivity index (χ0n) is 10.6. The van der Waals surface area contributed by atoms with Gasteiger partial charge in [0, 0.05) is 7.11 Å². The van der Waals surface area contributed by atoms with Gasteiger partial charge >= 0.3 is 5.97 Å². The molecule has 17 heavy (non-hydrogen) atoms. The second kappa shape index (κ2) is 6.93. The fraction of sp³-hybridized carbons (Fsp3) is 0.900. The molecule has 102 valence electrons. The first-order chi connectivity index (χ1) is 7.68. The SMILES string of the molecule is COC(CC(C)C)CS(=O)(=O)N[C@H](C)C(=O)O. The summed E-state index contributed by atoms with van der Waals surface area (Å²) in [5, 5.41) is 8.62. The molecule has 0 radical (unpaired) electrons. The molecule has 0 aliphatic heterocycles. The van der Waals surface area contributed by atoms with Gasteiger partial charge < -0.3 is 9.84 Å². The molecule has 0 aromatic rings. The molecule has 0 aliphatic carbocycles. The van der Waals surface area contributed by atoms with Crippen molar-refractivity contribution in [3.05, 3.63) is 0 Å². The molecule has 0 fully saturated rings. The lowest BCUT2D eigenvalue weighted by atomic mass is 10.1. The molecule has 0 amide bonds. The molecule has 0 rings (SSSR count). The second-order valence-corrected chi connectivity index (χ2v) is 6.24. The summed E-state index contributed by atoms with van der Waals surface area (Å²) in [5.41, 5.74) is 0. The number of nitrogens with one attached hydrogen (secondary N) is 1. The summed E-state index contributed by atoms with van der Waals surface area (Å²) in [7, 11) is -2.19. The minimum atomic E-state index is -3.64. The molecule has 0 saturated heterocycles. The maximum atomic E-state index is 11.6. The Morgan fingerprint density at radius 1 is 1.35 bits per heavy atom. The lowest BCUT2D eigenvalue weighted by Gasteiger charge is -2.18. The zero-order valence-corrected chi connectivity index (χ0v) is 11.5. The van der Waals surface area contributed by atoms with Crippen LogP contribution in [0.5, 0.6) is 0 Å². The summed E-state index contributed by atoms with van der Waals surface area (Å²) in [6.45, 7) is 5.21. The van der Waals surface area contributed by atoms with Gasteiger partial charge in [-0.2, -0.15) is 0 Å². The molecule has 0 aromatic heterocycles. The van der Waals surface area contributed by atoms with Crippen LogP contribution in [0.15, 0.2) is 0 Å². The van der Waals surface area contributed by atoms with Gasteiger partial charge in [0.05, 0.1) is 11.9 Å². The summed E-state index contributed by atoms with van der Waals surface area (Å²) in [5.74, 6) is -1.11. The van der Waals surface area contributed by atoms with Gasteiger partial charge in [-0.15, -0.1) is 0 Å². The van der Waals surface area contributed by atoms with E-state index in [9.17, 15) is 13.2 Å². The average molecular weight is 267 g/mol. The molecule has 2 atom stereocenters. The number of hydrogen-bond acceptors (Lipinski definition) is 4. The number of carboxylic acids is 1. The molecule has 6 nitrogen and oxygen atoms in total. The normalized spacial score (nSPS) is 15.8. The van der Waals surface area contributed by atoms with Crippen LogP contribution in [0.25, 0.3) is 0 Å². The Bertz CT molecular complexity index is 339. The monoisotopic (exact) mass is 267 g/mol. The first-order valence-electron chi connectivity index (χ1n) is 5.43. The van der Waals surface area contributed by atoms with Crippen molar-refractivity contribution >= 4 is 16.0 Å². The van der Waals surface area contributed by atoms with E-state index in [2.05, 4.69) is 4.72 Å². The summed E-state index contributed by atoms with van der Waals surface area (Å²) in [4.78, 5) is 10.6. The van der Waals surface area contributed by atoms with E-state index in [1.807, 2.05) is 13.8 Å². The van der Waals surface area contributed by atoms with Gasteiger partial charge in [0.1, 0.15) is 6.04 Å². The Hall–Kier alpha value is -0.660. The highest BCUT2D eigenvalue weighted by Gasteiger charge is 2.24. The van der Waals surface area contributed by atoms with E-state index >= 15 is 0 Å². The Labute approximate surface area is 102 Å². The van der Waals surface area contributed by atoms with Crippen LogP contribution < -0.4 is 4.72 Å². The van der Waals surface area contributed by atoms with Crippen LogP contribution in [-0.4, -0.2) is 44.5 Å². The fourth-order valence-electron chi connectivity index (χ4n) is 1.37.